The lowest BCUT2D eigenvalue weighted by Gasteiger charge is -2.35. The number of methoxy groups -OCH3 is 3. The Bertz CT molecular complexity index is 698. The number of piperidine rings is 1. The molecule has 0 N–H and O–H groups in total. The van der Waals surface area contributed by atoms with Crippen LogP contribution in [0.4, 0.5) is 0 Å². The Balaban J connectivity index is 2.27. The number of carbonyl (C=O) groups is 2. The van der Waals surface area contributed by atoms with E-state index < -0.39 is 0 Å². The maximum atomic E-state index is 13.0. The van der Waals surface area contributed by atoms with Gasteiger partial charge in [-0.2, -0.15) is 0 Å². The quantitative estimate of drug-likeness (QED) is 0.755. The Labute approximate surface area is 154 Å². The Morgan fingerprint density at radius 1 is 1.19 bits per heavy atom. The summed E-state index contributed by atoms with van der Waals surface area (Å²) in [5, 5.41) is 0. The van der Waals surface area contributed by atoms with Crippen molar-refractivity contribution < 1.29 is 23.8 Å². The lowest BCUT2D eigenvalue weighted by atomic mass is 9.86. The number of likely N-dealkylation sites (tertiary alicyclic amines) is 1. The number of nitrogens with zero attached hydrogens (tertiary/aromatic N) is 1. The van der Waals surface area contributed by atoms with Gasteiger partial charge >= 0.3 is 5.97 Å². The van der Waals surface area contributed by atoms with Crippen molar-refractivity contribution in [2.75, 3.05) is 34.4 Å². The second-order valence-electron chi connectivity index (χ2n) is 6.45. The minimum Gasteiger partial charge on any atom is -0.493 e. The van der Waals surface area contributed by atoms with Gasteiger partial charge in [0.15, 0.2) is 11.5 Å². The summed E-state index contributed by atoms with van der Waals surface area (Å²) in [7, 11) is 4.53. The van der Waals surface area contributed by atoms with Crippen LogP contribution in [0.15, 0.2) is 18.2 Å². The molecule has 6 heteroatoms. The molecule has 0 aliphatic carbocycles. The molecule has 0 spiro atoms. The molecule has 6 nitrogen and oxygen atoms in total. The first-order valence-corrected chi connectivity index (χ1v) is 8.72. The normalized spacial score (nSPS) is 20.1. The number of hydrogen-bond donors (Lipinski definition) is 0. The Morgan fingerprint density at radius 3 is 2.46 bits per heavy atom. The average Bonchev–Trinajstić information content (AvgIpc) is 2.66. The van der Waals surface area contributed by atoms with E-state index in [-0.39, 0.29) is 23.7 Å². The van der Waals surface area contributed by atoms with Gasteiger partial charge in [-0.05, 0) is 31.4 Å². The molecule has 26 heavy (non-hydrogen) atoms. The van der Waals surface area contributed by atoms with Crippen LogP contribution >= 0.6 is 0 Å². The van der Waals surface area contributed by atoms with E-state index in [0.717, 1.165) is 5.56 Å². The van der Waals surface area contributed by atoms with Gasteiger partial charge in [0.05, 0.1) is 27.2 Å². The number of allylic oxidation sites excluding steroid dienone is 1. The molecule has 0 saturated carbocycles. The summed E-state index contributed by atoms with van der Waals surface area (Å²) in [5.74, 6) is 0.727. The third-order valence-electron chi connectivity index (χ3n) is 4.80. The lowest BCUT2D eigenvalue weighted by Crippen LogP contribution is -2.45. The molecule has 1 aromatic carbocycles. The van der Waals surface area contributed by atoms with E-state index >= 15 is 0 Å². The highest BCUT2D eigenvalue weighted by Gasteiger charge is 2.34. The molecule has 1 heterocycles. The van der Waals surface area contributed by atoms with Crippen molar-refractivity contribution >= 4 is 18.0 Å². The van der Waals surface area contributed by atoms with E-state index in [0.29, 0.717) is 36.6 Å². The molecule has 1 saturated heterocycles. The van der Waals surface area contributed by atoms with Crippen molar-refractivity contribution in [3.05, 3.63) is 29.3 Å². The second kappa shape index (κ2) is 8.74. The minimum atomic E-state index is -0.203. The van der Waals surface area contributed by atoms with E-state index in [2.05, 4.69) is 0 Å². The monoisotopic (exact) mass is 361 g/mol. The number of hydrogen-bond acceptors (Lipinski definition) is 5. The van der Waals surface area contributed by atoms with E-state index in [4.69, 9.17) is 14.2 Å². The van der Waals surface area contributed by atoms with Gasteiger partial charge in [0.2, 0.25) is 0 Å². The van der Waals surface area contributed by atoms with Crippen LogP contribution in [-0.4, -0.2) is 51.2 Å². The van der Waals surface area contributed by atoms with Gasteiger partial charge < -0.3 is 19.1 Å². The number of rotatable bonds is 5. The zero-order chi connectivity index (χ0) is 19.3. The molecule has 0 radical (unpaired) electrons. The van der Waals surface area contributed by atoms with Gasteiger partial charge in [-0.1, -0.05) is 19.1 Å². The van der Waals surface area contributed by atoms with E-state index in [1.165, 1.54) is 7.11 Å². The SMILES string of the molecule is C/C=C/c1cc(C(=O)N2CCC(C(=O)OC)C(C)C2)cc(OC)c1OC. The Morgan fingerprint density at radius 2 is 1.92 bits per heavy atom. The maximum Gasteiger partial charge on any atom is 0.309 e. The minimum absolute atomic E-state index is 0.0512. The Hall–Kier alpha value is -2.50. The van der Waals surface area contributed by atoms with Crippen LogP contribution in [-0.2, 0) is 9.53 Å². The number of ether oxygens (including phenoxy) is 3. The fraction of sp³-hybridized carbons (Fsp3) is 0.500. The van der Waals surface area contributed by atoms with Gasteiger partial charge in [-0.15, -0.1) is 0 Å². The summed E-state index contributed by atoms with van der Waals surface area (Å²) in [6.07, 6.45) is 4.37. The van der Waals surface area contributed by atoms with Gasteiger partial charge in [0, 0.05) is 24.2 Å². The third-order valence-corrected chi connectivity index (χ3v) is 4.80. The summed E-state index contributed by atoms with van der Waals surface area (Å²) >= 11 is 0. The summed E-state index contributed by atoms with van der Waals surface area (Å²) < 4.78 is 15.7. The van der Waals surface area contributed by atoms with Crippen LogP contribution in [0.25, 0.3) is 6.08 Å². The highest BCUT2D eigenvalue weighted by atomic mass is 16.5. The van der Waals surface area contributed by atoms with Crippen molar-refractivity contribution in [1.29, 1.82) is 0 Å². The van der Waals surface area contributed by atoms with E-state index in [1.54, 1.807) is 31.3 Å². The molecule has 0 aromatic heterocycles. The van der Waals surface area contributed by atoms with Crippen molar-refractivity contribution in [2.45, 2.75) is 20.3 Å². The molecule has 1 aliphatic heterocycles. The molecule has 1 amide bonds. The smallest absolute Gasteiger partial charge is 0.309 e. The summed E-state index contributed by atoms with van der Waals surface area (Å²) in [6, 6.07) is 3.51. The van der Waals surface area contributed by atoms with E-state index in [9.17, 15) is 9.59 Å². The van der Waals surface area contributed by atoms with Crippen LogP contribution in [0, 0.1) is 11.8 Å². The average molecular weight is 361 g/mol. The summed E-state index contributed by atoms with van der Waals surface area (Å²) in [5.41, 5.74) is 1.33. The molecule has 1 aliphatic rings. The molecular formula is C20H27NO5. The van der Waals surface area contributed by atoms with Gasteiger partial charge in [0.25, 0.3) is 5.91 Å². The third kappa shape index (κ3) is 4.00. The van der Waals surface area contributed by atoms with Crippen molar-refractivity contribution in [2.24, 2.45) is 11.8 Å². The first-order chi connectivity index (χ1) is 12.5. The fourth-order valence-electron chi connectivity index (χ4n) is 3.43. The van der Waals surface area contributed by atoms with Crippen LogP contribution in [0.1, 0.15) is 36.2 Å². The van der Waals surface area contributed by atoms with Crippen LogP contribution < -0.4 is 9.47 Å². The topological polar surface area (TPSA) is 65.1 Å². The lowest BCUT2D eigenvalue weighted by molar-refractivity contribution is -0.148. The van der Waals surface area contributed by atoms with Gasteiger partial charge in [-0.25, -0.2) is 0 Å². The summed E-state index contributed by atoms with van der Waals surface area (Å²) in [4.78, 5) is 26.6. The number of carbonyl (C=O) groups excluding carboxylic acids is 2. The number of benzene rings is 1. The molecule has 2 atom stereocenters. The van der Waals surface area contributed by atoms with Crippen molar-refractivity contribution in [3.63, 3.8) is 0 Å². The standard InChI is InChI=1S/C20H27NO5/c1-6-7-14-10-15(11-17(24-3)18(14)25-4)19(22)21-9-8-16(13(2)12-21)20(23)26-5/h6-7,10-11,13,16H,8-9,12H2,1-5H3/b7-6+. The first-order valence-electron chi connectivity index (χ1n) is 8.72. The molecule has 1 fully saturated rings. The molecular weight excluding hydrogens is 334 g/mol. The molecule has 142 valence electrons. The zero-order valence-electron chi connectivity index (χ0n) is 16.1. The zero-order valence-corrected chi connectivity index (χ0v) is 16.1. The molecule has 2 unspecified atom stereocenters. The molecule has 2 rings (SSSR count). The molecule has 0 bridgehead atoms. The van der Waals surface area contributed by atoms with Gasteiger partial charge in [-0.3, -0.25) is 9.59 Å². The maximum absolute atomic E-state index is 13.0. The van der Waals surface area contributed by atoms with E-state index in [1.807, 2.05) is 26.0 Å². The highest BCUT2D eigenvalue weighted by molar-refractivity contribution is 5.96. The fourth-order valence-corrected chi connectivity index (χ4v) is 3.43. The highest BCUT2D eigenvalue weighted by Crippen LogP contribution is 2.34. The number of esters is 1. The van der Waals surface area contributed by atoms with Crippen LogP contribution in [0.3, 0.4) is 0 Å². The second-order valence-corrected chi connectivity index (χ2v) is 6.45. The predicted molar refractivity (Wildman–Crippen MR) is 99.4 cm³/mol. The van der Waals surface area contributed by atoms with Crippen LogP contribution in [0.2, 0.25) is 0 Å². The van der Waals surface area contributed by atoms with Crippen molar-refractivity contribution in [1.82, 2.24) is 4.90 Å². The largest absolute Gasteiger partial charge is 0.493 e. The van der Waals surface area contributed by atoms with Gasteiger partial charge in [0.1, 0.15) is 0 Å². The first kappa shape index (κ1) is 19.8. The molecule has 1 aromatic rings. The predicted octanol–water partition coefficient (Wildman–Crippen LogP) is 3.01. The van der Waals surface area contributed by atoms with Crippen molar-refractivity contribution in [3.8, 4) is 11.5 Å². The summed E-state index contributed by atoms with van der Waals surface area (Å²) in [6.45, 7) is 4.92. The Kier molecular flexibility index (Phi) is 6.66. The number of amides is 1. The van der Waals surface area contributed by atoms with Crippen LogP contribution in [0.5, 0.6) is 11.5 Å².